The van der Waals surface area contributed by atoms with Crippen molar-refractivity contribution < 1.29 is 48.0 Å². The Hall–Kier alpha value is -3.55. The fraction of sp³-hybridized carbons (Fsp3) is 0.746. The molecule has 12 aliphatic rings. The van der Waals surface area contributed by atoms with Gasteiger partial charge in [0.1, 0.15) is 30.2 Å². The minimum absolute atomic E-state index is 0.00909. The highest BCUT2D eigenvalue weighted by Crippen LogP contribution is 2.83. The number of carbonyl (C=O) groups is 3. The summed E-state index contributed by atoms with van der Waals surface area (Å²) >= 11 is 0. The Morgan fingerprint density at radius 1 is 0.831 bits per heavy atom. The van der Waals surface area contributed by atoms with Gasteiger partial charge in [0.15, 0.2) is 11.9 Å². The highest BCUT2D eigenvalue weighted by Gasteiger charge is 2.93. The number of aliphatic hydroxyl groups is 2. The molecule has 1 aromatic carbocycles. The molecule has 12 heteroatoms. The summed E-state index contributed by atoms with van der Waals surface area (Å²) in [4.78, 5) is 47.4. The Balaban J connectivity index is 0.868. The van der Waals surface area contributed by atoms with Gasteiger partial charge in [-0.2, -0.15) is 0 Å². The van der Waals surface area contributed by atoms with Crippen molar-refractivity contribution in [2.75, 3.05) is 19.8 Å². The van der Waals surface area contributed by atoms with E-state index in [2.05, 4.69) is 66.7 Å². The van der Waals surface area contributed by atoms with Crippen LogP contribution in [0.25, 0.3) is 0 Å². The van der Waals surface area contributed by atoms with E-state index >= 15 is 9.59 Å². The van der Waals surface area contributed by atoms with E-state index in [0.29, 0.717) is 54.9 Å². The van der Waals surface area contributed by atoms with Gasteiger partial charge in [0, 0.05) is 40.8 Å². The molecule has 0 unspecified atom stereocenters. The van der Waals surface area contributed by atoms with Gasteiger partial charge in [-0.05, 0) is 149 Å². The molecule has 7 heterocycles. The van der Waals surface area contributed by atoms with Crippen LogP contribution < -0.4 is 5.32 Å². The van der Waals surface area contributed by atoms with Crippen LogP contribution in [0.3, 0.4) is 0 Å². The van der Waals surface area contributed by atoms with Crippen molar-refractivity contribution in [3.05, 3.63) is 71.8 Å². The van der Waals surface area contributed by atoms with Crippen LogP contribution in [-0.2, 0) is 46.2 Å². The van der Waals surface area contributed by atoms with E-state index in [4.69, 9.17) is 23.4 Å². The summed E-state index contributed by atoms with van der Waals surface area (Å²) in [5, 5.41) is 29.4. The molecule has 382 valence electrons. The number of fused-ring (bicyclic) bond motifs is 5. The average Bonchev–Trinajstić information content (AvgIpc) is 3.62. The van der Waals surface area contributed by atoms with Crippen LogP contribution in [0.15, 0.2) is 59.4 Å². The van der Waals surface area contributed by atoms with Crippen molar-refractivity contribution in [1.82, 2.24) is 10.2 Å². The standard InChI is InChI=1S/C59H76N2O10/c1-55-21-18-46-57-31-68-48(63)29-47(57)70-56(2,37-13-7-4-8-14-37)50(57)49(64)51(65)58(46,38-15-9-12-34(25-38)24-33-10-5-3-6-11-33)59(55)53(71-59)54(66)69-52(55)39-20-23-67-45(39)28-42-40-26-36-19-22-61-32-60-30-43(61)41(36)27-35(40)16-17-44(42)62/h3,5-6,10-11,19-20,22-23,34-38,40-44,46-47,50-53,60,62,65H,4,7-9,12-18,21,24-32H2,1-2H3/t34-,35+,36+,38-,40-,41+,42-,43-,44-,46+,47-,50+,51+,52-,53+,55-,56+,57-,58-,59+/m0/s1. The van der Waals surface area contributed by atoms with Crippen LogP contribution >= 0.6 is 0 Å². The first-order valence-corrected chi connectivity index (χ1v) is 28.3. The van der Waals surface area contributed by atoms with Gasteiger partial charge in [-0.1, -0.05) is 75.4 Å². The van der Waals surface area contributed by atoms with Crippen LogP contribution in [0.2, 0.25) is 0 Å². The summed E-state index contributed by atoms with van der Waals surface area (Å²) in [6.07, 6.45) is 17.7. The number of benzene rings is 1. The van der Waals surface area contributed by atoms with E-state index in [0.717, 1.165) is 108 Å². The zero-order chi connectivity index (χ0) is 48.2. The number of carbonyl (C=O) groups excluding carboxylic acids is 3. The van der Waals surface area contributed by atoms with Crippen LogP contribution in [0.4, 0.5) is 0 Å². The normalized spacial score (nSPS) is 49.7. The number of Topliss-reactive ketones (excluding diaryl/α,β-unsaturated/α-hetero) is 1. The predicted octanol–water partition coefficient (Wildman–Crippen LogP) is 8.03. The Morgan fingerprint density at radius 3 is 2.51 bits per heavy atom. The molecule has 6 aliphatic heterocycles. The van der Waals surface area contributed by atoms with E-state index in [-0.39, 0.29) is 48.5 Å². The minimum Gasteiger partial charge on any atom is -0.469 e. The van der Waals surface area contributed by atoms with Gasteiger partial charge >= 0.3 is 11.9 Å². The number of esters is 2. The lowest BCUT2D eigenvalue weighted by Crippen LogP contribution is -2.79. The third-order valence-electron chi connectivity index (χ3n) is 23.2. The third-order valence-corrected chi connectivity index (χ3v) is 23.2. The van der Waals surface area contributed by atoms with Gasteiger partial charge in [-0.25, -0.2) is 4.79 Å². The number of furan rings is 1. The fourth-order valence-corrected chi connectivity index (χ4v) is 20.5. The Bertz CT molecular complexity index is 2470. The molecule has 6 saturated carbocycles. The summed E-state index contributed by atoms with van der Waals surface area (Å²) in [6.45, 7) is 6.33. The van der Waals surface area contributed by atoms with Gasteiger partial charge in [0.25, 0.3) is 0 Å². The number of nitrogens with zero attached hydrogens (tertiary/aromatic N) is 1. The monoisotopic (exact) mass is 973 g/mol. The first-order valence-electron chi connectivity index (χ1n) is 28.3. The molecule has 1 aromatic heterocycles. The summed E-state index contributed by atoms with van der Waals surface area (Å²) in [6, 6.07) is 13.1. The number of nitrogens with one attached hydrogen (secondary N) is 1. The number of epoxide rings is 1. The average molecular weight is 973 g/mol. The van der Waals surface area contributed by atoms with Crippen molar-refractivity contribution in [2.45, 2.75) is 177 Å². The second-order valence-corrected chi connectivity index (χ2v) is 25.8. The van der Waals surface area contributed by atoms with E-state index in [1.807, 2.05) is 6.07 Å². The summed E-state index contributed by atoms with van der Waals surface area (Å²) < 4.78 is 34.2. The first-order chi connectivity index (χ1) is 34.4. The number of ether oxygens (including phenoxy) is 4. The largest absolute Gasteiger partial charge is 0.469 e. The molecule has 20 atom stereocenters. The number of allylic oxidation sites excluding steroid dienone is 1. The molecule has 6 aliphatic carbocycles. The smallest absolute Gasteiger partial charge is 0.339 e. The lowest BCUT2D eigenvalue weighted by Gasteiger charge is -2.70. The zero-order valence-corrected chi connectivity index (χ0v) is 41.9. The fourth-order valence-electron chi connectivity index (χ4n) is 20.5. The molecule has 2 aromatic rings. The van der Waals surface area contributed by atoms with Crippen molar-refractivity contribution in [3.8, 4) is 0 Å². The Morgan fingerprint density at radius 2 is 1.66 bits per heavy atom. The highest BCUT2D eigenvalue weighted by atomic mass is 16.7. The van der Waals surface area contributed by atoms with Gasteiger partial charge < -0.3 is 38.5 Å². The van der Waals surface area contributed by atoms with Crippen molar-refractivity contribution >= 4 is 17.7 Å². The lowest BCUT2D eigenvalue weighted by atomic mass is 9.32. The highest BCUT2D eigenvalue weighted by molar-refractivity contribution is 5.92. The minimum atomic E-state index is -1.43. The molecule has 12 nitrogen and oxygen atoms in total. The van der Waals surface area contributed by atoms with Crippen molar-refractivity contribution in [3.63, 3.8) is 0 Å². The summed E-state index contributed by atoms with van der Waals surface area (Å²) in [5.41, 5.74) is -3.03. The number of ketones is 1. The SMILES string of the molecule is C[C@@]12CC[C@@H]3[C@@]45COC(=O)C[C@@H]4O[C@](C)(C4CCCCC4)[C@H]5C(=O)[C@@H](O)[C@@]3([C@H]3CCC[C@@H](Cc4ccccc4)C3)[C@]13O[C@@H]3C(=O)O[C@H]2c1ccoc1C[C@H]1[C@H]2C[C@H]3C=CN4CNC[C@H]4[C@@H]3C[C@H]2CC[C@@H]1O. The van der Waals surface area contributed by atoms with Gasteiger partial charge in [-0.15, -0.1) is 0 Å². The number of aliphatic hydroxyl groups excluding tert-OH is 2. The van der Waals surface area contributed by atoms with Crippen LogP contribution in [0, 0.1) is 75.4 Å². The predicted molar refractivity (Wildman–Crippen MR) is 260 cm³/mol. The Kier molecular flexibility index (Phi) is 10.7. The summed E-state index contributed by atoms with van der Waals surface area (Å²) in [7, 11) is 0. The molecule has 5 saturated heterocycles. The zero-order valence-electron chi connectivity index (χ0n) is 41.9. The number of cyclic esters (lactones) is 2. The molecule has 0 radical (unpaired) electrons. The maximum atomic E-state index is 16.3. The molecular weight excluding hydrogens is 897 g/mol. The van der Waals surface area contributed by atoms with Crippen LogP contribution in [0.1, 0.15) is 140 Å². The molecule has 11 fully saturated rings. The second-order valence-electron chi connectivity index (χ2n) is 25.8. The molecule has 14 rings (SSSR count). The maximum Gasteiger partial charge on any atom is 0.339 e. The molecule has 0 amide bonds. The molecular formula is C59H76N2O10. The first kappa shape index (κ1) is 46.0. The molecule has 2 spiro atoms. The van der Waals surface area contributed by atoms with E-state index in [1.165, 1.54) is 12.0 Å². The van der Waals surface area contributed by atoms with Gasteiger partial charge in [-0.3, -0.25) is 14.9 Å². The van der Waals surface area contributed by atoms with Crippen molar-refractivity contribution in [1.29, 1.82) is 0 Å². The third kappa shape index (κ3) is 6.23. The van der Waals surface area contributed by atoms with Gasteiger partial charge in [0.2, 0.25) is 0 Å². The van der Waals surface area contributed by atoms with Crippen molar-refractivity contribution in [2.24, 2.45) is 75.4 Å². The second kappa shape index (κ2) is 16.5. The van der Waals surface area contributed by atoms with Crippen LogP contribution in [-0.4, -0.2) is 94.3 Å². The van der Waals surface area contributed by atoms with E-state index in [9.17, 15) is 15.0 Å². The van der Waals surface area contributed by atoms with E-state index in [1.54, 1.807) is 6.26 Å². The molecule has 3 N–H and O–H groups in total. The molecule has 0 bridgehead atoms. The summed E-state index contributed by atoms with van der Waals surface area (Å²) in [5.74, 6) is 0.945. The van der Waals surface area contributed by atoms with E-state index < -0.39 is 69.9 Å². The topological polar surface area (TPSA) is 160 Å². The maximum absolute atomic E-state index is 16.3. The van der Waals surface area contributed by atoms with Gasteiger partial charge in [0.05, 0.1) is 43.1 Å². The quantitative estimate of drug-likeness (QED) is 0.181. The number of hydrogen-bond donors (Lipinski definition) is 3. The Labute approximate surface area is 418 Å². The molecule has 71 heavy (non-hydrogen) atoms. The lowest BCUT2D eigenvalue weighted by molar-refractivity contribution is -0.277. The number of hydrogen-bond acceptors (Lipinski definition) is 12. The van der Waals surface area contributed by atoms with Crippen LogP contribution in [0.5, 0.6) is 0 Å². The number of rotatable bonds is 7.